The Balaban J connectivity index is 0. The summed E-state index contributed by atoms with van der Waals surface area (Å²) in [5.41, 5.74) is 0. The maximum absolute atomic E-state index is 6.44. The molecule has 0 heterocycles. The predicted molar refractivity (Wildman–Crippen MR) is 185 cm³/mol. The molecule has 8 heteroatoms. The minimum absolute atomic E-state index is 0. The van der Waals surface area contributed by atoms with E-state index >= 15 is 0 Å². The molecule has 0 aromatic heterocycles. The largest absolute Gasteiger partial charge is 4.00 e. The second kappa shape index (κ2) is 19.1. The summed E-state index contributed by atoms with van der Waals surface area (Å²) in [4.78, 5) is 0. The normalized spacial score (nSPS) is 11.5. The smallest absolute Gasteiger partial charge is 1.00 e. The molecular weight excluding hydrogens is 699 g/mol. The van der Waals surface area contributed by atoms with Gasteiger partial charge in [0.2, 0.25) is 16.6 Å². The third-order valence-corrected chi connectivity index (χ3v) is 17.5. The molecule has 0 amide bonds. The molecule has 0 spiro atoms. The fraction of sp³-hybridized carbons (Fsp3) is 0.486. The maximum atomic E-state index is 6.44. The zero-order valence-corrected chi connectivity index (χ0v) is 35.3. The maximum Gasteiger partial charge on any atom is 4.00 e. The van der Waals surface area contributed by atoms with Crippen molar-refractivity contribution in [2.45, 2.75) is 110 Å². The van der Waals surface area contributed by atoms with Crippen LogP contribution in [0, 0.1) is 0 Å². The molecule has 0 aliphatic rings. The standard InChI is InChI=1S/2C17H25OSi.CH3Si.2ClH.Zr/c2*1-6-11-17(2,3)19(4,5)18-16-12-14-9-7-8-10-15(14)13-16;1-2;;;/h2*7-10,12-13H,6,11H2,1-5H3;1H3;2*1H;/q2*-1;;;;+4/p-2. The van der Waals surface area contributed by atoms with Gasteiger partial charge in [-0.3, -0.25) is 0 Å². The molecule has 4 rings (SSSR count). The van der Waals surface area contributed by atoms with Gasteiger partial charge in [0, 0.05) is 21.7 Å². The Morgan fingerprint density at radius 1 is 0.628 bits per heavy atom. The second-order valence-corrected chi connectivity index (χ2v) is 22.3. The molecule has 0 aliphatic heterocycles. The molecule has 235 valence electrons. The van der Waals surface area contributed by atoms with E-state index in [-0.39, 0.29) is 51.0 Å². The minimum Gasteiger partial charge on any atom is -1.00 e. The average molecular weight is 752 g/mol. The summed E-state index contributed by atoms with van der Waals surface area (Å²) in [6, 6.07) is 25.6. The van der Waals surface area contributed by atoms with E-state index < -0.39 is 16.6 Å². The van der Waals surface area contributed by atoms with Crippen molar-refractivity contribution in [2.75, 3.05) is 0 Å². The molecule has 0 bridgehead atoms. The van der Waals surface area contributed by atoms with Crippen LogP contribution in [0.2, 0.25) is 42.8 Å². The van der Waals surface area contributed by atoms with Gasteiger partial charge in [-0.25, -0.2) is 0 Å². The van der Waals surface area contributed by atoms with E-state index in [2.05, 4.69) is 151 Å². The van der Waals surface area contributed by atoms with Crippen molar-refractivity contribution < 1.29 is 59.9 Å². The van der Waals surface area contributed by atoms with Gasteiger partial charge in [0.15, 0.2) is 0 Å². The molecule has 2 nitrogen and oxygen atoms in total. The van der Waals surface area contributed by atoms with Crippen molar-refractivity contribution in [2.24, 2.45) is 0 Å². The molecule has 0 saturated heterocycles. The van der Waals surface area contributed by atoms with E-state index in [0.717, 1.165) is 11.5 Å². The summed E-state index contributed by atoms with van der Waals surface area (Å²) in [6.45, 7) is 25.1. The van der Waals surface area contributed by atoms with Crippen LogP contribution < -0.4 is 33.7 Å². The van der Waals surface area contributed by atoms with Gasteiger partial charge in [-0.15, -0.1) is 82.2 Å². The van der Waals surface area contributed by atoms with Crippen LogP contribution in [0.15, 0.2) is 72.8 Å². The monoisotopic (exact) mass is 749 g/mol. The number of rotatable bonds is 10. The summed E-state index contributed by atoms with van der Waals surface area (Å²) in [7, 11) is -0.539. The number of hydrogen-bond donors (Lipinski definition) is 0. The zero-order valence-electron chi connectivity index (χ0n) is 28.3. The van der Waals surface area contributed by atoms with E-state index in [9.17, 15) is 0 Å². The first kappa shape index (κ1) is 44.5. The Morgan fingerprint density at radius 2 is 0.930 bits per heavy atom. The van der Waals surface area contributed by atoms with Gasteiger partial charge in [0.1, 0.15) is 0 Å². The van der Waals surface area contributed by atoms with E-state index in [1.54, 1.807) is 6.55 Å². The topological polar surface area (TPSA) is 18.5 Å². The van der Waals surface area contributed by atoms with Crippen LogP contribution in [0.5, 0.6) is 11.5 Å². The number of hydrogen-bond acceptors (Lipinski definition) is 2. The molecule has 4 aromatic rings. The van der Waals surface area contributed by atoms with Crippen molar-refractivity contribution in [3.05, 3.63) is 72.8 Å². The second-order valence-electron chi connectivity index (χ2n) is 13.1. The fourth-order valence-corrected chi connectivity index (χ4v) is 8.75. The van der Waals surface area contributed by atoms with Crippen molar-refractivity contribution in [3.63, 3.8) is 0 Å². The first-order chi connectivity index (χ1) is 18.7. The molecule has 4 aromatic carbocycles. The van der Waals surface area contributed by atoms with Crippen LogP contribution in [-0.4, -0.2) is 26.9 Å². The number of fused-ring (bicyclic) bond motifs is 2. The molecule has 3 radical (unpaired) electrons. The van der Waals surface area contributed by atoms with Gasteiger partial charge in [0.05, 0.1) is 0 Å². The molecule has 0 aliphatic carbocycles. The molecule has 0 fully saturated rings. The molecule has 43 heavy (non-hydrogen) atoms. The zero-order chi connectivity index (χ0) is 30.2. The van der Waals surface area contributed by atoms with E-state index in [4.69, 9.17) is 8.85 Å². The van der Waals surface area contributed by atoms with Crippen LogP contribution in [0.25, 0.3) is 21.5 Å². The third kappa shape index (κ3) is 11.9. The van der Waals surface area contributed by atoms with Crippen LogP contribution in [-0.2, 0) is 26.2 Å². The Morgan fingerprint density at radius 3 is 1.21 bits per heavy atom. The molecule has 0 saturated carbocycles. The van der Waals surface area contributed by atoms with Gasteiger partial charge in [-0.2, -0.15) is 0 Å². The van der Waals surface area contributed by atoms with E-state index in [1.807, 2.05) is 0 Å². The van der Waals surface area contributed by atoms with Crippen LogP contribution in [0.4, 0.5) is 0 Å². The van der Waals surface area contributed by atoms with Gasteiger partial charge < -0.3 is 33.7 Å². The molecule has 0 unspecified atom stereocenters. The summed E-state index contributed by atoms with van der Waals surface area (Å²) in [6.07, 6.45) is 4.89. The predicted octanol–water partition coefficient (Wildman–Crippen LogP) is 5.65. The molecular formula is C35H53Cl2O2Si3Zr. The van der Waals surface area contributed by atoms with Crippen molar-refractivity contribution in [1.29, 1.82) is 0 Å². The van der Waals surface area contributed by atoms with Gasteiger partial charge >= 0.3 is 26.2 Å². The van der Waals surface area contributed by atoms with E-state index in [1.165, 1.54) is 47.2 Å². The third-order valence-electron chi connectivity index (χ3n) is 8.94. The van der Waals surface area contributed by atoms with Crippen LogP contribution in [0.1, 0.15) is 67.2 Å². The Hall–Kier alpha value is -0.626. The van der Waals surface area contributed by atoms with Gasteiger partial charge in [0.25, 0.3) is 0 Å². The summed E-state index contributed by atoms with van der Waals surface area (Å²) >= 11 is 0. The Bertz CT molecular complexity index is 1160. The van der Waals surface area contributed by atoms with Gasteiger partial charge in [-0.05, 0) is 49.1 Å². The summed E-state index contributed by atoms with van der Waals surface area (Å²) < 4.78 is 12.9. The molecule has 0 N–H and O–H groups in total. The quantitative estimate of drug-likeness (QED) is 0.154. The fourth-order valence-electron chi connectivity index (χ4n) is 5.08. The molecule has 0 atom stereocenters. The summed E-state index contributed by atoms with van der Waals surface area (Å²) in [5, 5.41) is 5.69. The SMILES string of the molecule is CCCC(C)(C)[Si](C)(C)Oc1cc2ccccc2[cH-]1.CCCC(C)(C)[Si](C)(C)Oc1cc2ccccc2[cH-]1.C[Si].[Cl-].[Cl-].[Zr+4]. The number of halogens is 2. The van der Waals surface area contributed by atoms with Crippen molar-refractivity contribution >= 4 is 48.4 Å². The van der Waals surface area contributed by atoms with Crippen LogP contribution in [0.3, 0.4) is 0 Å². The summed E-state index contributed by atoms with van der Waals surface area (Å²) in [5.74, 6) is 2.09. The van der Waals surface area contributed by atoms with E-state index in [0.29, 0.717) is 10.1 Å². The van der Waals surface area contributed by atoms with Crippen LogP contribution >= 0.6 is 0 Å². The van der Waals surface area contributed by atoms with Crippen molar-refractivity contribution in [3.8, 4) is 11.5 Å². The number of benzene rings is 2. The van der Waals surface area contributed by atoms with Crippen molar-refractivity contribution in [1.82, 2.24) is 0 Å². The Labute approximate surface area is 300 Å². The minimum atomic E-state index is -1.76. The average Bonchev–Trinajstić information content (AvgIpc) is 3.47. The first-order valence-corrected chi connectivity index (χ1v) is 21.7. The first-order valence-electron chi connectivity index (χ1n) is 14.9. The van der Waals surface area contributed by atoms with Gasteiger partial charge in [-0.1, -0.05) is 73.1 Å². The Kier molecular flexibility index (Phi) is 19.8.